The molecule has 9 nitrogen and oxygen atoms in total. The molecule has 0 atom stereocenters. The van der Waals surface area contributed by atoms with Crippen LogP contribution in [0, 0.1) is 20.8 Å². The summed E-state index contributed by atoms with van der Waals surface area (Å²) in [6.45, 7) is 18.9. The van der Waals surface area contributed by atoms with Gasteiger partial charge in [0.25, 0.3) is 0 Å². The number of aromatic amines is 2. The van der Waals surface area contributed by atoms with Gasteiger partial charge in [-0.15, -0.1) is 0 Å². The van der Waals surface area contributed by atoms with Crippen LogP contribution in [0.5, 0.6) is 0 Å². The Balaban J connectivity index is 1.57. The number of aryl methyl sites for hydroxylation is 3. The van der Waals surface area contributed by atoms with Crippen LogP contribution in [0.15, 0.2) is 24.8 Å². The Morgan fingerprint density at radius 1 is 0.896 bits per heavy atom. The zero-order chi connectivity index (χ0) is 34.5. The molecule has 3 N–H and O–H groups in total. The molecule has 3 aromatic heterocycles. The Bertz CT molecular complexity index is 1940. The second-order valence-corrected chi connectivity index (χ2v) is 12.6. The molecule has 48 heavy (non-hydrogen) atoms. The summed E-state index contributed by atoms with van der Waals surface area (Å²) in [6.07, 6.45) is 5.86. The number of likely N-dealkylation sites (N-methyl/N-ethyl adjacent to an activating group) is 1. The Labute approximate surface area is 283 Å². The molecule has 1 amide bonds. The third-order valence-corrected chi connectivity index (χ3v) is 9.51. The van der Waals surface area contributed by atoms with Crippen LogP contribution in [-0.2, 0) is 20.7 Å². The molecule has 5 heterocycles. The summed E-state index contributed by atoms with van der Waals surface area (Å²) in [7, 11) is 1.81. The average Bonchev–Trinajstić information content (AvgIpc) is 3.77. The van der Waals surface area contributed by atoms with Crippen LogP contribution in [0.25, 0.3) is 50.9 Å². The van der Waals surface area contributed by atoms with E-state index < -0.39 is 0 Å². The first-order chi connectivity index (χ1) is 23.1. The van der Waals surface area contributed by atoms with E-state index >= 15 is 0 Å². The number of carbonyl (C=O) groups is 1. The minimum atomic E-state index is -0.00747. The molecule has 0 fully saturated rings. The van der Waals surface area contributed by atoms with Gasteiger partial charge in [-0.2, -0.15) is 0 Å². The van der Waals surface area contributed by atoms with E-state index in [2.05, 4.69) is 82.4 Å². The number of amides is 1. The number of ether oxygens (including phenoxy) is 2. The minimum Gasteiger partial charge on any atom is -0.394 e. The predicted octanol–water partition coefficient (Wildman–Crippen LogP) is 7.20. The van der Waals surface area contributed by atoms with Gasteiger partial charge in [0.15, 0.2) is 0 Å². The smallest absolute Gasteiger partial charge is 0.222 e. The maximum atomic E-state index is 13.2. The molecule has 0 aliphatic carbocycles. The molecule has 0 unspecified atom stereocenters. The number of nitrogens with zero attached hydrogens (tertiary/aromatic N) is 3. The van der Waals surface area contributed by atoms with Crippen molar-refractivity contribution in [1.29, 1.82) is 0 Å². The Kier molecular flexibility index (Phi) is 11.1. The lowest BCUT2D eigenvalue weighted by Crippen LogP contribution is -2.30. The maximum absolute atomic E-state index is 13.2. The Morgan fingerprint density at radius 2 is 1.58 bits per heavy atom. The summed E-state index contributed by atoms with van der Waals surface area (Å²) >= 11 is 0. The number of aromatic nitrogens is 4. The van der Waals surface area contributed by atoms with Gasteiger partial charge in [0, 0.05) is 53.2 Å². The van der Waals surface area contributed by atoms with Crippen molar-refractivity contribution in [2.45, 2.75) is 60.8 Å². The number of fused-ring (bicyclic) bond motifs is 8. The number of rotatable bonds is 13. The van der Waals surface area contributed by atoms with Gasteiger partial charge in [0.1, 0.15) is 0 Å². The van der Waals surface area contributed by atoms with Crippen LogP contribution >= 0.6 is 0 Å². The highest BCUT2D eigenvalue weighted by Crippen LogP contribution is 2.37. The van der Waals surface area contributed by atoms with Gasteiger partial charge in [-0.3, -0.25) is 4.79 Å². The van der Waals surface area contributed by atoms with Crippen LogP contribution in [0.1, 0.15) is 84.2 Å². The average molecular weight is 652 g/mol. The van der Waals surface area contributed by atoms with Crippen LogP contribution in [-0.4, -0.2) is 82.5 Å². The summed E-state index contributed by atoms with van der Waals surface area (Å²) in [6, 6.07) is 6.45. The number of hydrogen-bond acceptors (Lipinski definition) is 6. The molecule has 2 aliphatic heterocycles. The fourth-order valence-corrected chi connectivity index (χ4v) is 6.48. The zero-order valence-electron chi connectivity index (χ0n) is 29.5. The van der Waals surface area contributed by atoms with Crippen LogP contribution in [0.2, 0.25) is 0 Å². The van der Waals surface area contributed by atoms with Crippen molar-refractivity contribution >= 4 is 56.8 Å². The zero-order valence-corrected chi connectivity index (χ0v) is 29.5. The first-order valence-corrected chi connectivity index (χ1v) is 16.8. The molecular weight excluding hydrogens is 602 g/mol. The molecule has 9 heteroatoms. The van der Waals surface area contributed by atoms with Crippen LogP contribution < -0.4 is 0 Å². The van der Waals surface area contributed by atoms with Crippen molar-refractivity contribution in [3.8, 4) is 0 Å². The topological polar surface area (TPSA) is 116 Å². The molecular formula is C39H49N5O4. The van der Waals surface area contributed by atoms with Gasteiger partial charge in [0.05, 0.1) is 55.8 Å². The molecule has 0 aromatic carbocycles. The quantitative estimate of drug-likeness (QED) is 0.168. The van der Waals surface area contributed by atoms with E-state index in [0.717, 1.165) is 84.7 Å². The van der Waals surface area contributed by atoms with Gasteiger partial charge in [-0.05, 0) is 105 Å². The fourth-order valence-electron chi connectivity index (χ4n) is 6.48. The molecule has 0 spiro atoms. The molecule has 5 rings (SSSR count). The second kappa shape index (κ2) is 15.3. The molecule has 8 bridgehead atoms. The number of carbonyl (C=O) groups excluding carboxylic acids is 1. The lowest BCUT2D eigenvalue weighted by molar-refractivity contribution is -0.130. The lowest BCUT2D eigenvalue weighted by Gasteiger charge is -2.17. The van der Waals surface area contributed by atoms with E-state index in [4.69, 9.17) is 24.5 Å². The third kappa shape index (κ3) is 7.23. The highest BCUT2D eigenvalue weighted by atomic mass is 16.5. The van der Waals surface area contributed by atoms with Gasteiger partial charge >= 0.3 is 0 Å². The van der Waals surface area contributed by atoms with Crippen LogP contribution in [0.3, 0.4) is 0 Å². The first-order valence-electron chi connectivity index (χ1n) is 16.8. The van der Waals surface area contributed by atoms with Gasteiger partial charge in [0.2, 0.25) is 5.91 Å². The van der Waals surface area contributed by atoms with Gasteiger partial charge in [-0.1, -0.05) is 19.6 Å². The SMILES string of the molecule is C=Cc1c(C)c2cc3nc(c(C)c4nc(cc5[nH]c(cc1[nH]2)c(C)c5CC)C(C)=C4)C(CCC(=O)N(C)CCOCCOCCO)=C3C. The minimum absolute atomic E-state index is 0.00747. The largest absolute Gasteiger partial charge is 0.394 e. The van der Waals surface area contributed by atoms with Crippen molar-refractivity contribution in [2.75, 3.05) is 46.6 Å². The van der Waals surface area contributed by atoms with Crippen molar-refractivity contribution < 1.29 is 19.4 Å². The summed E-state index contributed by atoms with van der Waals surface area (Å²) in [5.74, 6) is 0.0468. The van der Waals surface area contributed by atoms with E-state index in [-0.39, 0.29) is 12.5 Å². The normalized spacial score (nSPS) is 12.9. The van der Waals surface area contributed by atoms with E-state index in [0.29, 0.717) is 45.8 Å². The number of nitrogens with one attached hydrogen (secondary N) is 2. The molecule has 0 radical (unpaired) electrons. The first kappa shape index (κ1) is 35.0. The molecule has 2 aliphatic rings. The third-order valence-electron chi connectivity index (χ3n) is 9.51. The fraction of sp³-hybridized carbons (Fsp3) is 0.410. The number of aliphatic hydroxyl groups excluding tert-OH is 1. The van der Waals surface area contributed by atoms with Gasteiger partial charge < -0.3 is 29.4 Å². The highest BCUT2D eigenvalue weighted by Gasteiger charge is 2.23. The van der Waals surface area contributed by atoms with E-state index in [9.17, 15) is 4.79 Å². The van der Waals surface area contributed by atoms with Crippen molar-refractivity contribution in [1.82, 2.24) is 24.8 Å². The summed E-state index contributed by atoms with van der Waals surface area (Å²) in [4.78, 5) is 32.6. The van der Waals surface area contributed by atoms with Crippen molar-refractivity contribution in [3.63, 3.8) is 0 Å². The Hall–Kier alpha value is -4.31. The summed E-state index contributed by atoms with van der Waals surface area (Å²) < 4.78 is 10.8. The maximum Gasteiger partial charge on any atom is 0.222 e. The molecule has 254 valence electrons. The monoisotopic (exact) mass is 651 g/mol. The molecule has 3 aromatic rings. The number of aliphatic hydroxyl groups is 1. The number of hydrogen-bond donors (Lipinski definition) is 3. The van der Waals surface area contributed by atoms with Gasteiger partial charge in [-0.25, -0.2) is 9.97 Å². The summed E-state index contributed by atoms with van der Waals surface area (Å²) in [5, 5.41) is 8.81. The molecule has 0 saturated carbocycles. The van der Waals surface area contributed by atoms with Crippen molar-refractivity contribution in [3.05, 3.63) is 75.4 Å². The van der Waals surface area contributed by atoms with Crippen LogP contribution in [0.4, 0.5) is 0 Å². The number of allylic oxidation sites excluding steroid dienone is 3. The number of H-pyrrole nitrogens is 2. The summed E-state index contributed by atoms with van der Waals surface area (Å²) in [5.41, 5.74) is 16.6. The van der Waals surface area contributed by atoms with E-state index in [1.54, 1.807) is 11.9 Å². The Morgan fingerprint density at radius 3 is 2.29 bits per heavy atom. The highest BCUT2D eigenvalue weighted by molar-refractivity contribution is 5.96. The molecule has 0 saturated heterocycles. The standard InChI is InChI=1S/C39H49N5O4/c1-9-28-25(5)34-22-37-29(10-2)24(4)33(41-37)21-35-26(6)30(11-12-38(46)44(8)13-15-47-17-18-48-16-14-45)39(43-35)27(7)32-19-23(3)31(40-32)20-36(28)42-34/h10,19-22,41-42,45H,2,9,11-18H2,1,3-8H3. The van der Waals surface area contributed by atoms with E-state index in [1.807, 2.05) is 6.08 Å². The lowest BCUT2D eigenvalue weighted by atomic mass is 9.98. The van der Waals surface area contributed by atoms with E-state index in [1.165, 1.54) is 11.1 Å². The second-order valence-electron chi connectivity index (χ2n) is 12.6. The predicted molar refractivity (Wildman–Crippen MR) is 196 cm³/mol. The van der Waals surface area contributed by atoms with Crippen molar-refractivity contribution in [2.24, 2.45) is 0 Å².